The predicted octanol–water partition coefficient (Wildman–Crippen LogP) is 1.99. The minimum Gasteiger partial charge on any atom is -0.481 e. The zero-order valence-electron chi connectivity index (χ0n) is 11.2. The van der Waals surface area contributed by atoms with Crippen LogP contribution in [0.15, 0.2) is 0 Å². The molecule has 0 aromatic carbocycles. The van der Waals surface area contributed by atoms with Crippen molar-refractivity contribution in [1.29, 1.82) is 0 Å². The average molecular weight is 246 g/mol. The molecule has 0 radical (unpaired) electrons. The Labute approximate surface area is 102 Å². The summed E-state index contributed by atoms with van der Waals surface area (Å²) >= 11 is 0. The van der Waals surface area contributed by atoms with Gasteiger partial charge in [-0.05, 0) is 34.6 Å². The number of carboxylic acids is 1. The molecule has 100 valence electrons. The molecule has 0 aromatic heterocycles. The van der Waals surface area contributed by atoms with E-state index in [1.54, 1.807) is 13.8 Å². The molecule has 0 aromatic rings. The maximum atomic E-state index is 11.3. The lowest BCUT2D eigenvalue weighted by Crippen LogP contribution is -2.37. The first-order valence-electron chi connectivity index (χ1n) is 5.59. The largest absolute Gasteiger partial charge is 0.481 e. The minimum atomic E-state index is -1.01. The van der Waals surface area contributed by atoms with E-state index in [9.17, 15) is 9.59 Å². The molecule has 5 heteroatoms. The molecule has 0 unspecified atom stereocenters. The van der Waals surface area contributed by atoms with Gasteiger partial charge >= 0.3 is 11.9 Å². The number of esters is 1. The summed E-state index contributed by atoms with van der Waals surface area (Å²) < 4.78 is 10.7. The van der Waals surface area contributed by atoms with Crippen LogP contribution >= 0.6 is 0 Å². The second-order valence-electron chi connectivity index (χ2n) is 5.53. The number of hydrogen-bond donors (Lipinski definition) is 1. The number of ether oxygens (including phenoxy) is 2. The molecule has 0 aliphatic carbocycles. The fraction of sp³-hybridized carbons (Fsp3) is 0.833. The molecular formula is C12H22O5. The highest BCUT2D eigenvalue weighted by Crippen LogP contribution is 2.16. The van der Waals surface area contributed by atoms with Crippen molar-refractivity contribution in [3.05, 3.63) is 0 Å². The van der Waals surface area contributed by atoms with Gasteiger partial charge in [-0.1, -0.05) is 0 Å². The van der Waals surface area contributed by atoms with Gasteiger partial charge in [-0.25, -0.2) is 0 Å². The number of carbonyl (C=O) groups excluding carboxylic acids is 1. The normalized spacial score (nSPS) is 12.3. The smallest absolute Gasteiger partial charge is 0.306 e. The third-order valence-corrected chi connectivity index (χ3v) is 1.79. The Balaban J connectivity index is 4.07. The molecule has 0 saturated heterocycles. The van der Waals surface area contributed by atoms with Crippen molar-refractivity contribution in [2.75, 3.05) is 6.61 Å². The Morgan fingerprint density at radius 3 is 2.00 bits per heavy atom. The van der Waals surface area contributed by atoms with E-state index in [2.05, 4.69) is 0 Å². The summed E-state index contributed by atoms with van der Waals surface area (Å²) in [6.07, 6.45) is -0.330. The van der Waals surface area contributed by atoms with Crippen LogP contribution in [0.1, 0.15) is 47.5 Å². The van der Waals surface area contributed by atoms with Gasteiger partial charge < -0.3 is 14.6 Å². The number of hydrogen-bond acceptors (Lipinski definition) is 4. The molecule has 0 saturated carbocycles. The fourth-order valence-corrected chi connectivity index (χ4v) is 0.988. The molecule has 0 heterocycles. The van der Waals surface area contributed by atoms with Crippen molar-refractivity contribution in [3.8, 4) is 0 Å². The Kier molecular flexibility index (Phi) is 5.61. The van der Waals surface area contributed by atoms with Gasteiger partial charge in [0, 0.05) is 0 Å². The third kappa shape index (κ3) is 9.81. The van der Waals surface area contributed by atoms with Gasteiger partial charge in [0.15, 0.2) is 0 Å². The Morgan fingerprint density at radius 1 is 1.06 bits per heavy atom. The quantitative estimate of drug-likeness (QED) is 0.725. The van der Waals surface area contributed by atoms with Crippen molar-refractivity contribution in [3.63, 3.8) is 0 Å². The molecule has 0 aliphatic rings. The van der Waals surface area contributed by atoms with Gasteiger partial charge in [0.25, 0.3) is 0 Å². The van der Waals surface area contributed by atoms with E-state index in [4.69, 9.17) is 14.6 Å². The van der Waals surface area contributed by atoms with Gasteiger partial charge in [0.1, 0.15) is 5.60 Å². The van der Waals surface area contributed by atoms with Crippen molar-refractivity contribution in [1.82, 2.24) is 0 Å². The molecular weight excluding hydrogens is 224 g/mol. The number of carbonyl (C=O) groups is 2. The molecule has 1 N–H and O–H groups in total. The van der Waals surface area contributed by atoms with Crippen molar-refractivity contribution < 1.29 is 24.2 Å². The molecule has 17 heavy (non-hydrogen) atoms. The second kappa shape index (κ2) is 6.00. The highest BCUT2D eigenvalue weighted by Gasteiger charge is 2.26. The number of carboxylic acid groups (broad SMARTS) is 1. The van der Waals surface area contributed by atoms with Crippen molar-refractivity contribution in [2.45, 2.75) is 58.7 Å². The summed E-state index contributed by atoms with van der Waals surface area (Å²) in [6, 6.07) is 0. The maximum Gasteiger partial charge on any atom is 0.306 e. The van der Waals surface area contributed by atoms with E-state index in [0.717, 1.165) is 0 Å². The highest BCUT2D eigenvalue weighted by atomic mass is 16.6. The first-order valence-corrected chi connectivity index (χ1v) is 5.59. The lowest BCUT2D eigenvalue weighted by molar-refractivity contribution is -0.168. The monoisotopic (exact) mass is 246 g/mol. The van der Waals surface area contributed by atoms with E-state index >= 15 is 0 Å². The second-order valence-corrected chi connectivity index (χ2v) is 5.53. The zero-order chi connectivity index (χ0) is 13.7. The van der Waals surface area contributed by atoms with Crippen LogP contribution in [0.4, 0.5) is 0 Å². The summed E-state index contributed by atoms with van der Waals surface area (Å²) in [5.74, 6) is -1.53. The zero-order valence-corrected chi connectivity index (χ0v) is 11.2. The Morgan fingerprint density at radius 2 is 1.59 bits per heavy atom. The molecule has 0 amide bonds. The summed E-state index contributed by atoms with van der Waals surface area (Å²) in [5, 5.41) is 8.44. The van der Waals surface area contributed by atoms with Gasteiger partial charge in [0.2, 0.25) is 0 Å². The van der Waals surface area contributed by atoms with E-state index in [1.807, 2.05) is 20.8 Å². The average Bonchev–Trinajstić information content (AvgIpc) is 2.10. The Hall–Kier alpha value is -1.10. The van der Waals surface area contributed by atoms with E-state index in [1.165, 1.54) is 0 Å². The van der Waals surface area contributed by atoms with Crippen molar-refractivity contribution in [2.24, 2.45) is 0 Å². The predicted molar refractivity (Wildman–Crippen MR) is 62.7 cm³/mol. The minimum absolute atomic E-state index is 0.117. The van der Waals surface area contributed by atoms with Crippen LogP contribution in [0.25, 0.3) is 0 Å². The topological polar surface area (TPSA) is 72.8 Å². The maximum absolute atomic E-state index is 11.3. The third-order valence-electron chi connectivity index (χ3n) is 1.79. The van der Waals surface area contributed by atoms with Crippen molar-refractivity contribution >= 4 is 11.9 Å². The van der Waals surface area contributed by atoms with E-state index in [-0.39, 0.29) is 25.0 Å². The van der Waals surface area contributed by atoms with Crippen LogP contribution in [-0.2, 0) is 19.1 Å². The van der Waals surface area contributed by atoms with Crippen LogP contribution in [0, 0.1) is 0 Å². The standard InChI is InChI=1S/C12H22O5/c1-11(2,3)16-8-12(4,5)17-10(15)7-6-9(13)14/h6-8H2,1-5H3,(H,13,14). The number of aliphatic carboxylic acids is 1. The van der Waals surface area contributed by atoms with E-state index < -0.39 is 17.5 Å². The van der Waals surface area contributed by atoms with Gasteiger partial charge in [0.05, 0.1) is 25.0 Å². The lowest BCUT2D eigenvalue weighted by Gasteiger charge is -2.29. The summed E-state index contributed by atoms with van der Waals surface area (Å²) in [5.41, 5.74) is -1.05. The highest BCUT2D eigenvalue weighted by molar-refractivity contribution is 5.76. The molecule has 0 spiro atoms. The van der Waals surface area contributed by atoms with Gasteiger partial charge in [-0.2, -0.15) is 0 Å². The summed E-state index contributed by atoms with van der Waals surface area (Å²) in [7, 11) is 0. The van der Waals surface area contributed by atoms with Gasteiger partial charge in [-0.15, -0.1) is 0 Å². The van der Waals surface area contributed by atoms with Gasteiger partial charge in [-0.3, -0.25) is 9.59 Å². The SMILES string of the molecule is CC(C)(C)OCC(C)(C)OC(=O)CCC(=O)O. The van der Waals surface area contributed by atoms with E-state index in [0.29, 0.717) is 0 Å². The van der Waals surface area contributed by atoms with Crippen LogP contribution in [-0.4, -0.2) is 34.9 Å². The summed E-state index contributed by atoms with van der Waals surface area (Å²) in [6.45, 7) is 9.48. The lowest BCUT2D eigenvalue weighted by atomic mass is 10.1. The van der Waals surface area contributed by atoms with Crippen LogP contribution in [0.5, 0.6) is 0 Å². The molecule has 0 rings (SSSR count). The van der Waals surface area contributed by atoms with Crippen LogP contribution in [0.2, 0.25) is 0 Å². The van der Waals surface area contributed by atoms with Crippen LogP contribution in [0.3, 0.4) is 0 Å². The Bertz CT molecular complexity index is 275. The first kappa shape index (κ1) is 15.9. The molecule has 0 bridgehead atoms. The first-order chi connectivity index (χ1) is 7.52. The molecule has 0 atom stereocenters. The molecule has 0 fully saturated rings. The number of rotatable bonds is 6. The molecule has 0 aliphatic heterocycles. The summed E-state index contributed by atoms with van der Waals surface area (Å²) in [4.78, 5) is 21.6. The molecule has 5 nitrogen and oxygen atoms in total. The fourth-order valence-electron chi connectivity index (χ4n) is 0.988. The van der Waals surface area contributed by atoms with Crippen LogP contribution < -0.4 is 0 Å².